The second-order valence-electron chi connectivity index (χ2n) is 8.20. The average Bonchev–Trinajstić information content (AvgIpc) is 3.11. The van der Waals surface area contributed by atoms with Gasteiger partial charge in [-0.05, 0) is 61.5 Å². The molecule has 0 saturated heterocycles. The highest BCUT2D eigenvalue weighted by Crippen LogP contribution is 2.34. The molecule has 2 amide bonds. The van der Waals surface area contributed by atoms with E-state index in [4.69, 9.17) is 17.3 Å². The van der Waals surface area contributed by atoms with Crippen LogP contribution in [0, 0.1) is 0 Å². The first kappa shape index (κ1) is 22.6. The molecule has 0 unspecified atom stereocenters. The Kier molecular flexibility index (Phi) is 6.49. The second kappa shape index (κ2) is 9.48. The molecule has 0 aromatic heterocycles. The maximum Gasteiger partial charge on any atom is 0.258 e. The van der Waals surface area contributed by atoms with Gasteiger partial charge in [-0.2, -0.15) is 0 Å². The minimum absolute atomic E-state index is 0.211. The number of nitrogens with two attached hydrogens (primary N) is 1. The quantitative estimate of drug-likeness (QED) is 0.439. The zero-order valence-electron chi connectivity index (χ0n) is 18.5. The van der Waals surface area contributed by atoms with Gasteiger partial charge in [-0.3, -0.25) is 14.5 Å². The van der Waals surface area contributed by atoms with E-state index in [1.54, 1.807) is 18.2 Å². The van der Waals surface area contributed by atoms with Crippen molar-refractivity contribution < 1.29 is 9.59 Å². The van der Waals surface area contributed by atoms with Gasteiger partial charge >= 0.3 is 0 Å². The number of nitrogens with zero attached hydrogens (tertiary/aromatic N) is 1. The number of primary amides is 1. The summed E-state index contributed by atoms with van der Waals surface area (Å²) in [5, 5.41) is 6.86. The van der Waals surface area contributed by atoms with Crippen LogP contribution in [0.5, 0.6) is 0 Å². The van der Waals surface area contributed by atoms with Gasteiger partial charge in [0.15, 0.2) is 0 Å². The first-order chi connectivity index (χ1) is 15.8. The Morgan fingerprint density at radius 2 is 1.61 bits per heavy atom. The van der Waals surface area contributed by atoms with Crippen molar-refractivity contribution in [2.45, 2.75) is 20.0 Å². The summed E-state index contributed by atoms with van der Waals surface area (Å²) in [5.41, 5.74) is 11.6. The molecule has 0 spiro atoms. The predicted octanol–water partition coefficient (Wildman–Crippen LogP) is 4.87. The molecule has 0 fully saturated rings. The molecule has 3 aromatic carbocycles. The Morgan fingerprint density at radius 1 is 1.00 bits per heavy atom. The van der Waals surface area contributed by atoms with Crippen molar-refractivity contribution in [1.82, 2.24) is 4.90 Å². The van der Waals surface area contributed by atoms with Crippen LogP contribution < -0.4 is 16.4 Å². The number of nitrogens with one attached hydrogen (secondary N) is 2. The third kappa shape index (κ3) is 5.25. The van der Waals surface area contributed by atoms with Crippen LogP contribution in [-0.4, -0.2) is 23.8 Å². The Hall–Kier alpha value is -3.61. The van der Waals surface area contributed by atoms with Crippen molar-refractivity contribution in [2.24, 2.45) is 5.73 Å². The second-order valence-corrected chi connectivity index (χ2v) is 8.64. The lowest BCUT2D eigenvalue weighted by Crippen LogP contribution is -2.17. The third-order valence-electron chi connectivity index (χ3n) is 5.53. The lowest BCUT2D eigenvalue weighted by atomic mass is 10.0. The van der Waals surface area contributed by atoms with E-state index in [0.29, 0.717) is 16.8 Å². The fourth-order valence-corrected chi connectivity index (χ4v) is 4.07. The van der Waals surface area contributed by atoms with Crippen LogP contribution in [-0.2, 0) is 17.9 Å². The molecule has 0 atom stereocenters. The zero-order chi connectivity index (χ0) is 23.5. The molecular weight excluding hydrogens is 436 g/mol. The molecule has 168 valence electrons. The molecule has 0 aliphatic carbocycles. The van der Waals surface area contributed by atoms with Crippen molar-refractivity contribution in [3.05, 3.63) is 99.7 Å². The number of benzene rings is 3. The number of carbonyl (C=O) groups excluding carboxylic acids is 2. The van der Waals surface area contributed by atoms with Crippen molar-refractivity contribution in [3.8, 4) is 0 Å². The maximum absolute atomic E-state index is 12.6. The van der Waals surface area contributed by atoms with Crippen LogP contribution in [0.1, 0.15) is 34.0 Å². The number of fused-ring (bicyclic) bond motifs is 1. The number of hydrogen-bond donors (Lipinski definition) is 3. The summed E-state index contributed by atoms with van der Waals surface area (Å²) in [4.78, 5) is 26.2. The Balaban J connectivity index is 1.43. The van der Waals surface area contributed by atoms with Crippen LogP contribution in [0.3, 0.4) is 0 Å². The van der Waals surface area contributed by atoms with E-state index in [2.05, 4.69) is 34.7 Å². The van der Waals surface area contributed by atoms with Gasteiger partial charge in [0.1, 0.15) is 0 Å². The molecular formula is C26H25ClN4O2. The van der Waals surface area contributed by atoms with Gasteiger partial charge < -0.3 is 16.4 Å². The minimum atomic E-state index is -0.529. The van der Waals surface area contributed by atoms with Gasteiger partial charge in [-0.1, -0.05) is 41.9 Å². The lowest BCUT2D eigenvalue weighted by Gasteiger charge is -2.17. The van der Waals surface area contributed by atoms with Gasteiger partial charge in [-0.15, -0.1) is 0 Å². The summed E-state index contributed by atoms with van der Waals surface area (Å²) in [5.74, 6) is -0.740. The van der Waals surface area contributed by atoms with Gasteiger partial charge in [-0.25, -0.2) is 0 Å². The van der Waals surface area contributed by atoms with Gasteiger partial charge in [0.2, 0.25) is 5.91 Å². The summed E-state index contributed by atoms with van der Waals surface area (Å²) in [7, 11) is 2.08. The van der Waals surface area contributed by atoms with Gasteiger partial charge in [0, 0.05) is 46.3 Å². The number of amides is 2. The Labute approximate surface area is 198 Å². The monoisotopic (exact) mass is 460 g/mol. The van der Waals surface area contributed by atoms with E-state index < -0.39 is 5.91 Å². The fraction of sp³-hybridized carbons (Fsp3) is 0.154. The molecule has 0 bridgehead atoms. The van der Waals surface area contributed by atoms with Crippen molar-refractivity contribution in [1.29, 1.82) is 0 Å². The first-order valence-corrected chi connectivity index (χ1v) is 10.9. The molecule has 1 aliphatic heterocycles. The maximum atomic E-state index is 12.6. The summed E-state index contributed by atoms with van der Waals surface area (Å²) in [6.07, 6.45) is 0. The zero-order valence-corrected chi connectivity index (χ0v) is 19.2. The molecule has 0 radical (unpaired) electrons. The Morgan fingerprint density at radius 3 is 2.21 bits per heavy atom. The highest BCUT2D eigenvalue weighted by molar-refractivity contribution is 6.32. The van der Waals surface area contributed by atoms with Crippen LogP contribution in [0.4, 0.5) is 11.4 Å². The summed E-state index contributed by atoms with van der Waals surface area (Å²) < 4.78 is 0. The largest absolute Gasteiger partial charge is 0.366 e. The topological polar surface area (TPSA) is 87.5 Å². The Bertz CT molecular complexity index is 1230. The standard InChI is InChI=1S/C26H25ClN4O2/c1-16(24-22-12-7-19(25(28)32)13-23(22)30-26(24)33)29-21-10-5-18(6-11-21)15-31(2)14-17-3-8-20(27)9-4-17/h3-13,29H,14-15H2,1-2H3,(H2,28,32)(H,30,33)/b24-16-. The van der Waals surface area contributed by atoms with E-state index >= 15 is 0 Å². The highest BCUT2D eigenvalue weighted by atomic mass is 35.5. The van der Waals surface area contributed by atoms with E-state index in [0.717, 1.165) is 35.1 Å². The van der Waals surface area contributed by atoms with Crippen molar-refractivity contribution >= 4 is 40.4 Å². The summed E-state index contributed by atoms with van der Waals surface area (Å²) >= 11 is 5.96. The van der Waals surface area contributed by atoms with Crippen LogP contribution in [0.2, 0.25) is 5.02 Å². The average molecular weight is 461 g/mol. The molecule has 1 aliphatic rings. The molecule has 6 nitrogen and oxygen atoms in total. The smallest absolute Gasteiger partial charge is 0.258 e. The van der Waals surface area contributed by atoms with Crippen LogP contribution in [0.25, 0.3) is 5.57 Å². The molecule has 4 rings (SSSR count). The highest BCUT2D eigenvalue weighted by Gasteiger charge is 2.27. The van der Waals surface area contributed by atoms with Gasteiger partial charge in [0.25, 0.3) is 5.91 Å². The third-order valence-corrected chi connectivity index (χ3v) is 5.78. The molecule has 0 saturated carbocycles. The fourth-order valence-electron chi connectivity index (χ4n) is 3.94. The summed E-state index contributed by atoms with van der Waals surface area (Å²) in [6.45, 7) is 3.50. The first-order valence-electron chi connectivity index (χ1n) is 10.6. The SMILES string of the molecule is C/C(Nc1ccc(CN(C)Cc2ccc(Cl)cc2)cc1)=C1/C(=O)Nc2cc(C(N)=O)ccc21. The predicted molar refractivity (Wildman–Crippen MR) is 133 cm³/mol. The number of carbonyl (C=O) groups is 2. The number of hydrogen-bond acceptors (Lipinski definition) is 4. The lowest BCUT2D eigenvalue weighted by molar-refractivity contribution is -0.110. The van der Waals surface area contributed by atoms with E-state index in [-0.39, 0.29) is 5.91 Å². The summed E-state index contributed by atoms with van der Waals surface area (Å²) in [6, 6.07) is 21.0. The molecule has 33 heavy (non-hydrogen) atoms. The van der Waals surface area contributed by atoms with E-state index in [1.165, 1.54) is 11.1 Å². The van der Waals surface area contributed by atoms with Crippen LogP contribution >= 0.6 is 11.6 Å². The molecule has 1 heterocycles. The van der Waals surface area contributed by atoms with Crippen molar-refractivity contribution in [2.75, 3.05) is 17.7 Å². The number of halogens is 1. The number of anilines is 2. The van der Waals surface area contributed by atoms with E-state index in [9.17, 15) is 9.59 Å². The van der Waals surface area contributed by atoms with Crippen molar-refractivity contribution in [3.63, 3.8) is 0 Å². The van der Waals surface area contributed by atoms with Crippen LogP contribution in [0.15, 0.2) is 72.4 Å². The van der Waals surface area contributed by atoms with E-state index in [1.807, 2.05) is 43.3 Å². The van der Waals surface area contributed by atoms with Gasteiger partial charge in [0.05, 0.1) is 5.57 Å². The number of rotatable bonds is 7. The molecule has 7 heteroatoms. The minimum Gasteiger partial charge on any atom is -0.366 e. The normalized spacial score (nSPS) is 14.1. The molecule has 4 N–H and O–H groups in total. The number of allylic oxidation sites excluding steroid dienone is 1. The molecule has 3 aromatic rings.